The number of carbonyl (C=O) groups excluding carboxylic acids is 1. The molecule has 1 atom stereocenters. The van der Waals surface area contributed by atoms with Crippen molar-refractivity contribution in [2.75, 3.05) is 11.9 Å². The minimum absolute atomic E-state index is 0.0566. The lowest BCUT2D eigenvalue weighted by atomic mass is 10.1. The van der Waals surface area contributed by atoms with Crippen molar-refractivity contribution in [2.45, 2.75) is 18.9 Å². The number of para-hydroxylation sites is 1. The fraction of sp³-hybridized carbons (Fsp3) is 0.364. The molecule has 2 N–H and O–H groups in total. The van der Waals surface area contributed by atoms with E-state index in [2.05, 4.69) is 10.6 Å². The zero-order chi connectivity index (χ0) is 10.7. The summed E-state index contributed by atoms with van der Waals surface area (Å²) in [6, 6.07) is 7.30. The number of hydrogen-bond acceptors (Lipinski definition) is 2. The van der Waals surface area contributed by atoms with Gasteiger partial charge in [0.15, 0.2) is 0 Å². The molecule has 0 spiro atoms. The van der Waals surface area contributed by atoms with Gasteiger partial charge >= 0.3 is 0 Å². The van der Waals surface area contributed by atoms with Gasteiger partial charge < -0.3 is 10.6 Å². The number of carbonyl (C=O) groups is 1. The number of amides is 1. The lowest BCUT2D eigenvalue weighted by Gasteiger charge is -2.24. The fourth-order valence-corrected chi connectivity index (χ4v) is 1.87. The van der Waals surface area contributed by atoms with E-state index in [1.807, 2.05) is 24.3 Å². The minimum atomic E-state index is -0.154. The van der Waals surface area contributed by atoms with Gasteiger partial charge in [0.2, 0.25) is 5.91 Å². The van der Waals surface area contributed by atoms with Crippen LogP contribution >= 0.6 is 11.6 Å². The Morgan fingerprint density at radius 1 is 1.40 bits per heavy atom. The van der Waals surface area contributed by atoms with Crippen LogP contribution in [0.5, 0.6) is 0 Å². The molecular formula is C11H13ClN2O. The molecule has 0 saturated carbocycles. The van der Waals surface area contributed by atoms with Gasteiger partial charge in [0.1, 0.15) is 6.04 Å². The van der Waals surface area contributed by atoms with Crippen molar-refractivity contribution in [1.29, 1.82) is 0 Å². The van der Waals surface area contributed by atoms with Crippen molar-refractivity contribution in [1.82, 2.24) is 5.32 Å². The first-order valence-electron chi connectivity index (χ1n) is 5.06. The van der Waals surface area contributed by atoms with E-state index in [9.17, 15) is 4.79 Å². The van der Waals surface area contributed by atoms with Crippen LogP contribution in [0.4, 0.5) is 5.69 Å². The molecule has 1 aliphatic rings. The lowest BCUT2D eigenvalue weighted by Crippen LogP contribution is -2.44. The molecular weight excluding hydrogens is 212 g/mol. The second-order valence-corrected chi connectivity index (χ2v) is 4.02. The molecule has 1 aromatic rings. The number of anilines is 1. The molecule has 1 unspecified atom stereocenters. The summed E-state index contributed by atoms with van der Waals surface area (Å²) in [6.45, 7) is 0.777. The predicted octanol–water partition coefficient (Wildman–Crippen LogP) is 2.03. The summed E-state index contributed by atoms with van der Waals surface area (Å²) >= 11 is 6.00. The first-order valence-corrected chi connectivity index (χ1v) is 5.44. The lowest BCUT2D eigenvalue weighted by molar-refractivity contribution is -0.123. The Morgan fingerprint density at radius 2 is 2.20 bits per heavy atom. The van der Waals surface area contributed by atoms with Crippen molar-refractivity contribution < 1.29 is 4.79 Å². The van der Waals surface area contributed by atoms with Crippen molar-refractivity contribution in [2.24, 2.45) is 0 Å². The van der Waals surface area contributed by atoms with Gasteiger partial charge in [-0.2, -0.15) is 0 Å². The van der Waals surface area contributed by atoms with Crippen LogP contribution in [0.25, 0.3) is 0 Å². The van der Waals surface area contributed by atoms with Crippen LogP contribution in [0.1, 0.15) is 12.8 Å². The molecule has 2 rings (SSSR count). The highest BCUT2D eigenvalue weighted by Crippen LogP contribution is 2.22. The molecule has 80 valence electrons. The molecule has 1 fully saturated rings. The van der Waals surface area contributed by atoms with Gasteiger partial charge in [0, 0.05) is 6.54 Å². The van der Waals surface area contributed by atoms with Gasteiger partial charge in [-0.3, -0.25) is 4.79 Å². The van der Waals surface area contributed by atoms with Crippen molar-refractivity contribution in [3.63, 3.8) is 0 Å². The standard InChI is InChI=1S/C11H13ClN2O/c12-8-4-1-2-5-9(8)14-10-6-3-7-13-11(10)15/h1-2,4-5,10,14H,3,6-7H2,(H,13,15). The van der Waals surface area contributed by atoms with Crippen LogP contribution < -0.4 is 10.6 Å². The predicted molar refractivity (Wildman–Crippen MR) is 61.1 cm³/mol. The highest BCUT2D eigenvalue weighted by atomic mass is 35.5. The minimum Gasteiger partial charge on any atom is -0.372 e. The van der Waals surface area contributed by atoms with E-state index in [1.165, 1.54) is 0 Å². The summed E-state index contributed by atoms with van der Waals surface area (Å²) < 4.78 is 0. The number of hydrogen-bond donors (Lipinski definition) is 2. The Labute approximate surface area is 93.8 Å². The highest BCUT2D eigenvalue weighted by Gasteiger charge is 2.21. The Hall–Kier alpha value is -1.22. The third-order valence-corrected chi connectivity index (χ3v) is 2.82. The zero-order valence-electron chi connectivity index (χ0n) is 8.29. The molecule has 0 bridgehead atoms. The van der Waals surface area contributed by atoms with Gasteiger partial charge in [-0.05, 0) is 25.0 Å². The summed E-state index contributed by atoms with van der Waals surface area (Å²) in [5.74, 6) is 0.0566. The molecule has 1 saturated heterocycles. The Kier molecular flexibility index (Phi) is 3.11. The third kappa shape index (κ3) is 2.42. The van der Waals surface area contributed by atoms with Gasteiger partial charge in [-0.15, -0.1) is 0 Å². The molecule has 1 amide bonds. The molecule has 4 heteroatoms. The quantitative estimate of drug-likeness (QED) is 0.807. The van der Waals surface area contributed by atoms with E-state index in [-0.39, 0.29) is 11.9 Å². The summed E-state index contributed by atoms with van der Waals surface area (Å²) in [4.78, 5) is 11.5. The number of benzene rings is 1. The maximum Gasteiger partial charge on any atom is 0.242 e. The van der Waals surface area contributed by atoms with Crippen LogP contribution in [-0.4, -0.2) is 18.5 Å². The molecule has 0 radical (unpaired) electrons. The Morgan fingerprint density at radius 3 is 2.93 bits per heavy atom. The second kappa shape index (κ2) is 4.53. The fourth-order valence-electron chi connectivity index (χ4n) is 1.68. The van der Waals surface area contributed by atoms with E-state index in [0.29, 0.717) is 5.02 Å². The van der Waals surface area contributed by atoms with Gasteiger partial charge in [0.25, 0.3) is 0 Å². The Bertz CT molecular complexity index is 367. The first-order chi connectivity index (χ1) is 7.27. The van der Waals surface area contributed by atoms with Crippen molar-refractivity contribution in [3.8, 4) is 0 Å². The number of rotatable bonds is 2. The van der Waals surface area contributed by atoms with E-state index in [0.717, 1.165) is 25.1 Å². The van der Waals surface area contributed by atoms with E-state index in [1.54, 1.807) is 0 Å². The van der Waals surface area contributed by atoms with Crippen molar-refractivity contribution >= 4 is 23.2 Å². The summed E-state index contributed by atoms with van der Waals surface area (Å²) in [5.41, 5.74) is 0.821. The van der Waals surface area contributed by atoms with Crippen LogP contribution in [-0.2, 0) is 4.79 Å². The van der Waals surface area contributed by atoms with Gasteiger partial charge in [-0.25, -0.2) is 0 Å². The van der Waals surface area contributed by atoms with Gasteiger partial charge in [-0.1, -0.05) is 23.7 Å². The van der Waals surface area contributed by atoms with Crippen LogP contribution in [0.15, 0.2) is 24.3 Å². The second-order valence-electron chi connectivity index (χ2n) is 3.61. The molecule has 1 heterocycles. The first kappa shape index (κ1) is 10.3. The van der Waals surface area contributed by atoms with Crippen LogP contribution in [0.3, 0.4) is 0 Å². The number of nitrogens with one attached hydrogen (secondary N) is 2. The summed E-state index contributed by atoms with van der Waals surface area (Å²) in [7, 11) is 0. The highest BCUT2D eigenvalue weighted by molar-refractivity contribution is 6.33. The summed E-state index contributed by atoms with van der Waals surface area (Å²) in [6.07, 6.45) is 1.87. The van der Waals surface area contributed by atoms with Gasteiger partial charge in [0.05, 0.1) is 10.7 Å². The normalized spacial score (nSPS) is 20.9. The Balaban J connectivity index is 2.08. The molecule has 1 aliphatic heterocycles. The number of halogens is 1. The van der Waals surface area contributed by atoms with E-state index >= 15 is 0 Å². The molecule has 1 aromatic carbocycles. The van der Waals surface area contributed by atoms with Crippen molar-refractivity contribution in [3.05, 3.63) is 29.3 Å². The molecule has 3 nitrogen and oxygen atoms in total. The largest absolute Gasteiger partial charge is 0.372 e. The number of piperidine rings is 1. The van der Waals surface area contributed by atoms with Crippen LogP contribution in [0.2, 0.25) is 5.02 Å². The average molecular weight is 225 g/mol. The monoisotopic (exact) mass is 224 g/mol. The molecule has 0 aromatic heterocycles. The maximum atomic E-state index is 11.5. The molecule has 15 heavy (non-hydrogen) atoms. The smallest absolute Gasteiger partial charge is 0.242 e. The zero-order valence-corrected chi connectivity index (χ0v) is 9.05. The van der Waals surface area contributed by atoms with E-state index in [4.69, 9.17) is 11.6 Å². The topological polar surface area (TPSA) is 41.1 Å². The third-order valence-electron chi connectivity index (χ3n) is 2.49. The maximum absolute atomic E-state index is 11.5. The summed E-state index contributed by atoms with van der Waals surface area (Å²) in [5, 5.41) is 6.63. The SMILES string of the molecule is O=C1NCCCC1Nc1ccccc1Cl. The average Bonchev–Trinajstić information content (AvgIpc) is 2.24. The molecule has 0 aliphatic carbocycles. The van der Waals surface area contributed by atoms with E-state index < -0.39 is 0 Å². The van der Waals surface area contributed by atoms with Crippen LogP contribution in [0, 0.1) is 0 Å².